The van der Waals surface area contributed by atoms with E-state index in [2.05, 4.69) is 27.3 Å². The number of nitrogens with zero attached hydrogens (tertiary/aromatic N) is 3. The van der Waals surface area contributed by atoms with E-state index in [1.54, 1.807) is 6.20 Å². The number of hydrazone groups is 1. The predicted molar refractivity (Wildman–Crippen MR) is 86.8 cm³/mol. The van der Waals surface area contributed by atoms with E-state index in [1.807, 2.05) is 25.1 Å². The summed E-state index contributed by atoms with van der Waals surface area (Å²) >= 11 is 5.47. The molecule has 2 rings (SSSR count). The van der Waals surface area contributed by atoms with Crippen molar-refractivity contribution in [1.82, 2.24) is 15.3 Å². The third-order valence-corrected chi connectivity index (χ3v) is 4.04. The number of rotatable bonds is 3. The molecule has 0 aliphatic carbocycles. The van der Waals surface area contributed by atoms with Crippen LogP contribution in [-0.4, -0.2) is 33.3 Å². The largest absolute Gasteiger partial charge is 0.345 e. The SMILES string of the molecule is CCC1CCCCN1C(=S)N/N=C(/C)c1ccccn1. The summed E-state index contributed by atoms with van der Waals surface area (Å²) in [7, 11) is 0. The van der Waals surface area contributed by atoms with Crippen molar-refractivity contribution >= 4 is 23.0 Å². The van der Waals surface area contributed by atoms with Gasteiger partial charge in [-0.15, -0.1) is 0 Å². The number of aromatic nitrogens is 1. The maximum atomic E-state index is 5.47. The number of hydrogen-bond donors (Lipinski definition) is 1. The van der Waals surface area contributed by atoms with Crippen molar-refractivity contribution in [3.8, 4) is 0 Å². The van der Waals surface area contributed by atoms with Gasteiger partial charge >= 0.3 is 0 Å². The van der Waals surface area contributed by atoms with Crippen molar-refractivity contribution in [2.75, 3.05) is 6.54 Å². The summed E-state index contributed by atoms with van der Waals surface area (Å²) in [5.41, 5.74) is 4.73. The monoisotopic (exact) mass is 290 g/mol. The van der Waals surface area contributed by atoms with Gasteiger partial charge in [-0.1, -0.05) is 13.0 Å². The lowest BCUT2D eigenvalue weighted by molar-refractivity contribution is 0.233. The van der Waals surface area contributed by atoms with Gasteiger partial charge in [-0.25, -0.2) is 0 Å². The number of thiocarbonyl (C=S) groups is 1. The third-order valence-electron chi connectivity index (χ3n) is 3.71. The van der Waals surface area contributed by atoms with Crippen LogP contribution in [-0.2, 0) is 0 Å². The average molecular weight is 290 g/mol. The van der Waals surface area contributed by atoms with Gasteiger partial charge in [-0.2, -0.15) is 5.10 Å². The van der Waals surface area contributed by atoms with Crippen molar-refractivity contribution in [2.45, 2.75) is 45.6 Å². The Morgan fingerprint density at radius 1 is 1.50 bits per heavy atom. The molecule has 1 saturated heterocycles. The summed E-state index contributed by atoms with van der Waals surface area (Å²) in [5, 5.41) is 5.09. The van der Waals surface area contributed by atoms with Gasteiger partial charge < -0.3 is 4.90 Å². The molecule has 1 aliphatic rings. The minimum atomic E-state index is 0.550. The molecular formula is C15H22N4S. The highest BCUT2D eigenvalue weighted by atomic mass is 32.1. The summed E-state index contributed by atoms with van der Waals surface area (Å²) < 4.78 is 0. The molecule has 0 aromatic carbocycles. The van der Waals surface area contributed by atoms with Gasteiger partial charge in [0.05, 0.1) is 11.4 Å². The average Bonchev–Trinajstić information content (AvgIpc) is 2.53. The maximum absolute atomic E-state index is 5.47. The lowest BCUT2D eigenvalue weighted by atomic mass is 10.0. The van der Waals surface area contributed by atoms with E-state index in [0.717, 1.165) is 29.5 Å². The zero-order valence-corrected chi connectivity index (χ0v) is 13.0. The first-order valence-corrected chi connectivity index (χ1v) is 7.65. The fourth-order valence-corrected chi connectivity index (χ4v) is 2.81. The van der Waals surface area contributed by atoms with Crippen molar-refractivity contribution in [3.63, 3.8) is 0 Å². The molecule has 0 bridgehead atoms. The topological polar surface area (TPSA) is 40.5 Å². The summed E-state index contributed by atoms with van der Waals surface area (Å²) in [6, 6.07) is 6.35. The summed E-state index contributed by atoms with van der Waals surface area (Å²) in [4.78, 5) is 6.54. The van der Waals surface area contributed by atoms with Crippen LogP contribution < -0.4 is 5.43 Å². The van der Waals surface area contributed by atoms with E-state index in [-0.39, 0.29) is 0 Å². The molecule has 4 nitrogen and oxygen atoms in total. The van der Waals surface area contributed by atoms with Gasteiger partial charge in [0.15, 0.2) is 5.11 Å². The van der Waals surface area contributed by atoms with Crippen molar-refractivity contribution in [3.05, 3.63) is 30.1 Å². The Labute approximate surface area is 126 Å². The molecule has 20 heavy (non-hydrogen) atoms. The maximum Gasteiger partial charge on any atom is 0.189 e. The molecule has 0 spiro atoms. The molecule has 1 aromatic rings. The van der Waals surface area contributed by atoms with E-state index < -0.39 is 0 Å². The van der Waals surface area contributed by atoms with Crippen LogP contribution in [0.1, 0.15) is 45.2 Å². The quantitative estimate of drug-likeness (QED) is 0.528. The molecule has 1 aromatic heterocycles. The predicted octanol–water partition coefficient (Wildman–Crippen LogP) is 2.94. The fourth-order valence-electron chi connectivity index (χ4n) is 2.52. The molecule has 1 aliphatic heterocycles. The zero-order chi connectivity index (χ0) is 14.4. The van der Waals surface area contributed by atoms with Crippen LogP contribution in [0, 0.1) is 0 Å². The van der Waals surface area contributed by atoms with Gasteiger partial charge in [0.1, 0.15) is 0 Å². The highest BCUT2D eigenvalue weighted by Gasteiger charge is 2.22. The lowest BCUT2D eigenvalue weighted by Crippen LogP contribution is -2.47. The highest BCUT2D eigenvalue weighted by Crippen LogP contribution is 2.19. The van der Waals surface area contributed by atoms with Gasteiger partial charge in [0.25, 0.3) is 0 Å². The van der Waals surface area contributed by atoms with Crippen LogP contribution in [0.3, 0.4) is 0 Å². The molecule has 1 N–H and O–H groups in total. The van der Waals surface area contributed by atoms with Crippen LogP contribution in [0.15, 0.2) is 29.5 Å². The molecule has 1 fully saturated rings. The van der Waals surface area contributed by atoms with Crippen molar-refractivity contribution < 1.29 is 0 Å². The number of pyridine rings is 1. The smallest absolute Gasteiger partial charge is 0.189 e. The second kappa shape index (κ2) is 7.33. The first-order chi connectivity index (χ1) is 9.72. The number of piperidine rings is 1. The highest BCUT2D eigenvalue weighted by molar-refractivity contribution is 7.80. The Morgan fingerprint density at radius 2 is 2.35 bits per heavy atom. The second-order valence-electron chi connectivity index (χ2n) is 5.08. The Hall–Kier alpha value is -1.49. The first kappa shape index (κ1) is 14.9. The number of nitrogens with one attached hydrogen (secondary N) is 1. The number of hydrogen-bond acceptors (Lipinski definition) is 3. The Bertz CT molecular complexity index is 472. The van der Waals surface area contributed by atoms with E-state index in [9.17, 15) is 0 Å². The zero-order valence-electron chi connectivity index (χ0n) is 12.2. The summed E-state index contributed by atoms with van der Waals surface area (Å²) in [5.74, 6) is 0. The lowest BCUT2D eigenvalue weighted by Gasteiger charge is -2.36. The standard InChI is InChI=1S/C15H22N4S/c1-3-13-8-5-7-11-19(13)15(20)18-17-12(2)14-9-4-6-10-16-14/h4,6,9-10,13H,3,5,7-8,11H2,1-2H3,(H,18,20)/b17-12-. The second-order valence-corrected chi connectivity index (χ2v) is 5.47. The van der Waals surface area contributed by atoms with Gasteiger partial charge in [0.2, 0.25) is 0 Å². The minimum absolute atomic E-state index is 0.550. The summed E-state index contributed by atoms with van der Waals surface area (Å²) in [6.45, 7) is 5.18. The molecule has 0 amide bonds. The van der Waals surface area contributed by atoms with E-state index in [1.165, 1.54) is 19.3 Å². The first-order valence-electron chi connectivity index (χ1n) is 7.24. The molecule has 0 saturated carbocycles. The number of likely N-dealkylation sites (tertiary alicyclic amines) is 1. The van der Waals surface area contributed by atoms with Crippen LogP contribution in [0.5, 0.6) is 0 Å². The van der Waals surface area contributed by atoms with Crippen molar-refractivity contribution in [2.24, 2.45) is 5.10 Å². The van der Waals surface area contributed by atoms with Crippen LogP contribution in [0.4, 0.5) is 0 Å². The van der Waals surface area contributed by atoms with Gasteiger partial charge in [-0.3, -0.25) is 10.4 Å². The van der Waals surface area contributed by atoms with Gasteiger partial charge in [-0.05, 0) is 57.0 Å². The molecule has 5 heteroatoms. The molecule has 108 valence electrons. The minimum Gasteiger partial charge on any atom is -0.345 e. The molecule has 0 radical (unpaired) electrons. The normalized spacial score (nSPS) is 19.8. The fraction of sp³-hybridized carbons (Fsp3) is 0.533. The third kappa shape index (κ3) is 3.76. The Balaban J connectivity index is 1.97. The van der Waals surface area contributed by atoms with E-state index >= 15 is 0 Å². The van der Waals surface area contributed by atoms with Gasteiger partial charge in [0, 0.05) is 18.8 Å². The van der Waals surface area contributed by atoms with Crippen molar-refractivity contribution in [1.29, 1.82) is 0 Å². The van der Waals surface area contributed by atoms with E-state index in [0.29, 0.717) is 6.04 Å². The Morgan fingerprint density at radius 3 is 3.05 bits per heavy atom. The van der Waals surface area contributed by atoms with E-state index in [4.69, 9.17) is 12.2 Å². The molecule has 1 atom stereocenters. The molecule has 2 heterocycles. The molecule has 1 unspecified atom stereocenters. The van der Waals surface area contributed by atoms with Crippen LogP contribution >= 0.6 is 12.2 Å². The Kier molecular flexibility index (Phi) is 5.47. The molecular weight excluding hydrogens is 268 g/mol. The van der Waals surface area contributed by atoms with Crippen LogP contribution in [0.25, 0.3) is 0 Å². The summed E-state index contributed by atoms with van der Waals surface area (Å²) in [6.07, 6.45) is 6.63. The van der Waals surface area contributed by atoms with Crippen LogP contribution in [0.2, 0.25) is 0 Å².